The molecule has 0 spiro atoms. The number of benzene rings is 1. The number of nitrogens with two attached hydrogens (primary N) is 1. The molecule has 118 valence electrons. The summed E-state index contributed by atoms with van der Waals surface area (Å²) in [5.41, 5.74) is 6.95. The first-order valence-corrected chi connectivity index (χ1v) is 7.10. The zero-order valence-electron chi connectivity index (χ0n) is 11.9. The molecule has 6 nitrogen and oxygen atoms in total. The standard InChI is InChI=1S/C15H13ClFN5O/c16-11-6-9(3-4-12(11)17)22-15-13(18)14(20-8-21-15)19-7-10-2-1-5-23-10/h1-6,8H,7,18H2,(H2,19,20,21,22). The van der Waals surface area contributed by atoms with Crippen molar-refractivity contribution in [2.24, 2.45) is 0 Å². The lowest BCUT2D eigenvalue weighted by Gasteiger charge is -2.12. The van der Waals surface area contributed by atoms with Crippen LogP contribution >= 0.6 is 11.6 Å². The van der Waals surface area contributed by atoms with Gasteiger partial charge in [-0.05, 0) is 30.3 Å². The van der Waals surface area contributed by atoms with Gasteiger partial charge >= 0.3 is 0 Å². The molecule has 0 saturated heterocycles. The van der Waals surface area contributed by atoms with Gasteiger partial charge in [0.1, 0.15) is 23.6 Å². The van der Waals surface area contributed by atoms with Crippen molar-refractivity contribution in [3.8, 4) is 0 Å². The van der Waals surface area contributed by atoms with Crippen molar-refractivity contribution in [1.82, 2.24) is 9.97 Å². The van der Waals surface area contributed by atoms with Crippen LogP contribution in [0.3, 0.4) is 0 Å². The monoisotopic (exact) mass is 333 g/mol. The van der Waals surface area contributed by atoms with Gasteiger partial charge in [-0.1, -0.05) is 11.6 Å². The van der Waals surface area contributed by atoms with Gasteiger partial charge in [-0.25, -0.2) is 14.4 Å². The summed E-state index contributed by atoms with van der Waals surface area (Å²) in [5.74, 6) is 1.12. The van der Waals surface area contributed by atoms with Gasteiger partial charge in [0.05, 0.1) is 17.8 Å². The molecule has 0 atom stereocenters. The molecule has 0 fully saturated rings. The average Bonchev–Trinajstić information content (AvgIpc) is 3.05. The molecule has 0 aliphatic carbocycles. The lowest BCUT2D eigenvalue weighted by Crippen LogP contribution is -2.07. The molecule has 0 aliphatic heterocycles. The van der Waals surface area contributed by atoms with Crippen LogP contribution < -0.4 is 16.4 Å². The molecule has 3 rings (SSSR count). The average molecular weight is 334 g/mol. The third-order valence-electron chi connectivity index (χ3n) is 3.08. The Balaban J connectivity index is 1.77. The lowest BCUT2D eigenvalue weighted by atomic mass is 10.3. The van der Waals surface area contributed by atoms with Crippen LogP contribution in [0.25, 0.3) is 0 Å². The van der Waals surface area contributed by atoms with Crippen molar-refractivity contribution >= 4 is 34.6 Å². The molecule has 0 amide bonds. The molecule has 0 saturated carbocycles. The number of nitrogen functional groups attached to an aromatic ring is 1. The van der Waals surface area contributed by atoms with Gasteiger partial charge in [-0.15, -0.1) is 0 Å². The summed E-state index contributed by atoms with van der Waals surface area (Å²) >= 11 is 5.76. The number of aromatic nitrogens is 2. The van der Waals surface area contributed by atoms with Crippen LogP contribution in [0.4, 0.5) is 27.4 Å². The van der Waals surface area contributed by atoms with Crippen LogP contribution in [0.2, 0.25) is 5.02 Å². The maximum atomic E-state index is 13.2. The first-order valence-electron chi connectivity index (χ1n) is 6.72. The van der Waals surface area contributed by atoms with Crippen molar-refractivity contribution in [2.75, 3.05) is 16.4 Å². The van der Waals surface area contributed by atoms with E-state index in [4.69, 9.17) is 21.8 Å². The Morgan fingerprint density at radius 3 is 2.78 bits per heavy atom. The molecule has 4 N–H and O–H groups in total. The highest BCUT2D eigenvalue weighted by atomic mass is 35.5. The quantitative estimate of drug-likeness (QED) is 0.658. The summed E-state index contributed by atoms with van der Waals surface area (Å²) in [6.07, 6.45) is 2.96. The van der Waals surface area contributed by atoms with E-state index in [1.54, 1.807) is 18.4 Å². The summed E-state index contributed by atoms with van der Waals surface area (Å²) < 4.78 is 18.4. The van der Waals surface area contributed by atoms with Crippen LogP contribution in [0.1, 0.15) is 5.76 Å². The largest absolute Gasteiger partial charge is 0.467 e. The maximum Gasteiger partial charge on any atom is 0.159 e. The van der Waals surface area contributed by atoms with E-state index in [-0.39, 0.29) is 5.02 Å². The van der Waals surface area contributed by atoms with Crippen LogP contribution in [0, 0.1) is 5.82 Å². The minimum atomic E-state index is -0.492. The Labute approximate surface area is 136 Å². The highest BCUT2D eigenvalue weighted by Gasteiger charge is 2.10. The molecule has 0 radical (unpaired) electrons. The van der Waals surface area contributed by atoms with Crippen LogP contribution in [0.15, 0.2) is 47.3 Å². The molecule has 2 aromatic heterocycles. The van der Waals surface area contributed by atoms with Crippen LogP contribution in [0.5, 0.6) is 0 Å². The third kappa shape index (κ3) is 3.51. The highest BCUT2D eigenvalue weighted by molar-refractivity contribution is 6.31. The van der Waals surface area contributed by atoms with Crippen molar-refractivity contribution < 1.29 is 8.81 Å². The third-order valence-corrected chi connectivity index (χ3v) is 3.37. The fourth-order valence-corrected chi connectivity index (χ4v) is 2.11. The molecular weight excluding hydrogens is 321 g/mol. The second kappa shape index (κ2) is 6.53. The number of halogens is 2. The van der Waals surface area contributed by atoms with Crippen molar-refractivity contribution in [2.45, 2.75) is 6.54 Å². The summed E-state index contributed by atoms with van der Waals surface area (Å²) in [5, 5.41) is 6.06. The number of nitrogens with zero attached hydrogens (tertiary/aromatic N) is 2. The van der Waals surface area contributed by atoms with Crippen molar-refractivity contribution in [3.63, 3.8) is 0 Å². The van der Waals surface area contributed by atoms with Gasteiger partial charge in [-0.2, -0.15) is 0 Å². The molecule has 0 bridgehead atoms. The second-order valence-corrected chi connectivity index (χ2v) is 5.08. The van der Waals surface area contributed by atoms with Gasteiger partial charge in [0.2, 0.25) is 0 Å². The maximum absolute atomic E-state index is 13.2. The lowest BCUT2D eigenvalue weighted by molar-refractivity contribution is 0.518. The molecule has 0 unspecified atom stereocenters. The van der Waals surface area contributed by atoms with Crippen LogP contribution in [-0.4, -0.2) is 9.97 Å². The number of furan rings is 1. The van der Waals surface area contributed by atoms with Crippen molar-refractivity contribution in [3.05, 3.63) is 59.5 Å². The summed E-state index contributed by atoms with van der Waals surface area (Å²) in [6.45, 7) is 0.441. The smallest absolute Gasteiger partial charge is 0.159 e. The fraction of sp³-hybridized carbons (Fsp3) is 0.0667. The Morgan fingerprint density at radius 1 is 1.22 bits per heavy atom. The van der Waals surface area contributed by atoms with E-state index < -0.39 is 5.82 Å². The zero-order chi connectivity index (χ0) is 16.2. The topological polar surface area (TPSA) is 89.0 Å². The first-order chi connectivity index (χ1) is 11.1. The van der Waals surface area contributed by atoms with Gasteiger partial charge in [0.25, 0.3) is 0 Å². The predicted octanol–water partition coefficient (Wildman–Crippen LogP) is 3.80. The Hall–Kier alpha value is -2.80. The molecule has 0 aliphatic rings. The normalized spacial score (nSPS) is 10.5. The minimum absolute atomic E-state index is 0.0128. The van der Waals surface area contributed by atoms with Gasteiger partial charge in [0, 0.05) is 5.69 Å². The molecular formula is C15H13ClFN5O. The molecule has 23 heavy (non-hydrogen) atoms. The van der Waals surface area contributed by atoms with E-state index in [1.807, 2.05) is 6.07 Å². The predicted molar refractivity (Wildman–Crippen MR) is 87.2 cm³/mol. The minimum Gasteiger partial charge on any atom is -0.467 e. The Morgan fingerprint density at radius 2 is 2.04 bits per heavy atom. The zero-order valence-corrected chi connectivity index (χ0v) is 12.6. The van der Waals surface area contributed by atoms with E-state index >= 15 is 0 Å². The van der Waals surface area contributed by atoms with Gasteiger partial charge in [-0.3, -0.25) is 0 Å². The van der Waals surface area contributed by atoms with Crippen LogP contribution in [-0.2, 0) is 6.54 Å². The Kier molecular flexibility index (Phi) is 4.29. The van der Waals surface area contributed by atoms with E-state index in [1.165, 1.54) is 18.5 Å². The van der Waals surface area contributed by atoms with E-state index in [0.717, 1.165) is 5.76 Å². The van der Waals surface area contributed by atoms with E-state index in [9.17, 15) is 4.39 Å². The fourth-order valence-electron chi connectivity index (χ4n) is 1.93. The molecule has 8 heteroatoms. The summed E-state index contributed by atoms with van der Waals surface area (Å²) in [6, 6.07) is 7.89. The number of rotatable bonds is 5. The SMILES string of the molecule is Nc1c(NCc2ccco2)ncnc1Nc1ccc(F)c(Cl)c1. The number of nitrogens with one attached hydrogen (secondary N) is 2. The molecule has 1 aromatic carbocycles. The summed E-state index contributed by atoms with van der Waals surface area (Å²) in [4.78, 5) is 8.18. The highest BCUT2D eigenvalue weighted by Crippen LogP contribution is 2.28. The number of hydrogen-bond donors (Lipinski definition) is 3. The summed E-state index contributed by atoms with van der Waals surface area (Å²) in [7, 11) is 0. The first kappa shape index (κ1) is 15.1. The molecule has 3 aromatic rings. The van der Waals surface area contributed by atoms with E-state index in [0.29, 0.717) is 29.6 Å². The van der Waals surface area contributed by atoms with E-state index in [2.05, 4.69) is 20.6 Å². The number of anilines is 4. The van der Waals surface area contributed by atoms with Crippen molar-refractivity contribution in [1.29, 1.82) is 0 Å². The Bertz CT molecular complexity index is 810. The van der Waals surface area contributed by atoms with Gasteiger partial charge < -0.3 is 20.8 Å². The van der Waals surface area contributed by atoms with Gasteiger partial charge in [0.15, 0.2) is 11.6 Å². The molecule has 2 heterocycles. The number of hydrogen-bond acceptors (Lipinski definition) is 6. The second-order valence-electron chi connectivity index (χ2n) is 4.67.